The number of benzene rings is 1. The van der Waals surface area contributed by atoms with Crippen LogP contribution in [-0.4, -0.2) is 24.4 Å². The molecule has 7 nitrogen and oxygen atoms in total. The Bertz CT molecular complexity index is 1160. The van der Waals surface area contributed by atoms with Gasteiger partial charge in [-0.15, -0.1) is 5.10 Å². The van der Waals surface area contributed by atoms with E-state index in [0.717, 1.165) is 22.8 Å². The third-order valence-corrected chi connectivity index (χ3v) is 5.02. The molecule has 0 radical (unpaired) electrons. The Morgan fingerprint density at radius 3 is 2.92 bits per heavy atom. The molecule has 0 aliphatic carbocycles. The maximum atomic E-state index is 12.1. The highest BCUT2D eigenvalue weighted by Gasteiger charge is 2.13. The minimum atomic E-state index is -0.178. The van der Waals surface area contributed by atoms with Gasteiger partial charge >= 0.3 is 0 Å². The van der Waals surface area contributed by atoms with Crippen LogP contribution in [-0.2, 0) is 6.42 Å². The second-order valence-corrected chi connectivity index (χ2v) is 7.09. The van der Waals surface area contributed by atoms with Crippen molar-refractivity contribution in [2.24, 2.45) is 0 Å². The Morgan fingerprint density at radius 1 is 1.31 bits per heavy atom. The predicted molar refractivity (Wildman–Crippen MR) is 103 cm³/mol. The Hall–Kier alpha value is -2.71. The van der Waals surface area contributed by atoms with Crippen LogP contribution in [0.1, 0.15) is 18.3 Å². The number of anilines is 2. The summed E-state index contributed by atoms with van der Waals surface area (Å²) in [6.45, 7) is 3.91. The zero-order valence-corrected chi connectivity index (χ0v) is 15.7. The van der Waals surface area contributed by atoms with Gasteiger partial charge in [0.1, 0.15) is 0 Å². The number of aryl methyl sites for hydroxylation is 1. The molecule has 0 aliphatic heterocycles. The van der Waals surface area contributed by atoms with Crippen molar-refractivity contribution in [3.05, 3.63) is 63.3 Å². The molecule has 1 N–H and O–H groups in total. The Kier molecular flexibility index (Phi) is 4.21. The van der Waals surface area contributed by atoms with Gasteiger partial charge < -0.3 is 5.32 Å². The van der Waals surface area contributed by atoms with Gasteiger partial charge in [0, 0.05) is 16.8 Å². The van der Waals surface area contributed by atoms with Crippen LogP contribution in [0.25, 0.3) is 10.6 Å². The van der Waals surface area contributed by atoms with Crippen molar-refractivity contribution < 1.29 is 0 Å². The third kappa shape index (κ3) is 2.97. The Balaban J connectivity index is 1.69. The second kappa shape index (κ2) is 6.54. The number of hydrogen-bond acceptors (Lipinski definition) is 6. The van der Waals surface area contributed by atoms with Gasteiger partial charge in [-0.05, 0) is 31.5 Å². The van der Waals surface area contributed by atoms with E-state index >= 15 is 0 Å². The first-order chi connectivity index (χ1) is 12.5. The normalized spacial score (nSPS) is 11.2. The van der Waals surface area contributed by atoms with Crippen LogP contribution in [0.4, 0.5) is 10.8 Å². The van der Waals surface area contributed by atoms with Crippen LogP contribution in [0.2, 0.25) is 5.02 Å². The predicted octanol–water partition coefficient (Wildman–Crippen LogP) is 3.60. The standard InChI is InChI=1S/C17H15ClN6OS/c1-3-12-8-15(25)24-17(20-12)26-16(22-24)21-14-9-19-23(10(14)2)13-6-4-5-11(18)7-13/h4-9H,3H2,1-2H3,(H,21,22). The smallest absolute Gasteiger partial charge is 0.275 e. The van der Waals surface area contributed by atoms with E-state index in [0.29, 0.717) is 21.5 Å². The monoisotopic (exact) mass is 386 g/mol. The summed E-state index contributed by atoms with van der Waals surface area (Å²) in [5.41, 5.74) is 3.16. The average molecular weight is 387 g/mol. The lowest BCUT2D eigenvalue weighted by molar-refractivity contribution is 0.847. The molecule has 4 aromatic rings. The Morgan fingerprint density at radius 2 is 2.15 bits per heavy atom. The quantitative estimate of drug-likeness (QED) is 0.579. The summed E-state index contributed by atoms with van der Waals surface area (Å²) < 4.78 is 3.10. The van der Waals surface area contributed by atoms with E-state index in [1.165, 1.54) is 21.9 Å². The van der Waals surface area contributed by atoms with Crippen molar-refractivity contribution in [1.82, 2.24) is 24.4 Å². The molecule has 0 spiro atoms. The van der Waals surface area contributed by atoms with Gasteiger partial charge in [0.25, 0.3) is 5.56 Å². The average Bonchev–Trinajstić information content (AvgIpc) is 3.19. The van der Waals surface area contributed by atoms with E-state index < -0.39 is 0 Å². The first-order valence-electron chi connectivity index (χ1n) is 8.02. The van der Waals surface area contributed by atoms with Crippen LogP contribution >= 0.6 is 22.9 Å². The van der Waals surface area contributed by atoms with Gasteiger partial charge in [0.15, 0.2) is 0 Å². The zero-order valence-electron chi connectivity index (χ0n) is 14.1. The first-order valence-corrected chi connectivity index (χ1v) is 9.22. The Labute approximate surface area is 157 Å². The van der Waals surface area contributed by atoms with Crippen molar-refractivity contribution >= 4 is 38.7 Å². The van der Waals surface area contributed by atoms with Gasteiger partial charge in [-0.3, -0.25) is 4.79 Å². The molecule has 132 valence electrons. The maximum absolute atomic E-state index is 12.1. The molecule has 0 bridgehead atoms. The van der Waals surface area contributed by atoms with Crippen molar-refractivity contribution in [3.63, 3.8) is 0 Å². The van der Waals surface area contributed by atoms with Crippen LogP contribution in [0, 0.1) is 6.92 Å². The summed E-state index contributed by atoms with van der Waals surface area (Å²) in [6, 6.07) is 8.99. The second-order valence-electron chi connectivity index (χ2n) is 5.70. The molecule has 0 aliphatic rings. The van der Waals surface area contributed by atoms with Crippen molar-refractivity contribution in [2.75, 3.05) is 5.32 Å². The lowest BCUT2D eigenvalue weighted by atomic mass is 10.3. The van der Waals surface area contributed by atoms with E-state index in [1.54, 1.807) is 10.9 Å². The molecule has 0 saturated heterocycles. The lowest BCUT2D eigenvalue weighted by Gasteiger charge is -2.06. The minimum absolute atomic E-state index is 0.178. The molecular weight excluding hydrogens is 372 g/mol. The minimum Gasteiger partial charge on any atom is -0.327 e. The van der Waals surface area contributed by atoms with E-state index in [2.05, 4.69) is 20.5 Å². The molecular formula is C17H15ClN6OS. The fraction of sp³-hybridized carbons (Fsp3) is 0.176. The lowest BCUT2D eigenvalue weighted by Crippen LogP contribution is -2.15. The maximum Gasteiger partial charge on any atom is 0.275 e. The summed E-state index contributed by atoms with van der Waals surface area (Å²) in [6.07, 6.45) is 2.42. The molecule has 9 heteroatoms. The van der Waals surface area contributed by atoms with Crippen LogP contribution in [0.15, 0.2) is 41.3 Å². The molecule has 3 heterocycles. The molecule has 0 saturated carbocycles. The topological polar surface area (TPSA) is 77.1 Å². The summed E-state index contributed by atoms with van der Waals surface area (Å²) in [5.74, 6) is 0. The van der Waals surface area contributed by atoms with Crippen LogP contribution < -0.4 is 10.9 Å². The van der Waals surface area contributed by atoms with E-state index in [1.807, 2.05) is 38.1 Å². The van der Waals surface area contributed by atoms with Gasteiger partial charge in [-0.1, -0.05) is 35.9 Å². The number of aromatic nitrogens is 5. The summed E-state index contributed by atoms with van der Waals surface area (Å²) in [7, 11) is 0. The fourth-order valence-electron chi connectivity index (χ4n) is 2.60. The summed E-state index contributed by atoms with van der Waals surface area (Å²) in [4.78, 5) is 17.1. The van der Waals surface area contributed by atoms with Crippen molar-refractivity contribution in [2.45, 2.75) is 20.3 Å². The van der Waals surface area contributed by atoms with E-state index in [4.69, 9.17) is 11.6 Å². The largest absolute Gasteiger partial charge is 0.327 e. The van der Waals surface area contributed by atoms with Crippen molar-refractivity contribution in [3.8, 4) is 5.69 Å². The zero-order chi connectivity index (χ0) is 18.3. The number of fused-ring (bicyclic) bond motifs is 1. The van der Waals surface area contributed by atoms with E-state index in [-0.39, 0.29) is 5.56 Å². The molecule has 4 rings (SSSR count). The number of nitrogens with zero attached hydrogens (tertiary/aromatic N) is 5. The molecule has 1 aromatic carbocycles. The molecule has 0 unspecified atom stereocenters. The highest BCUT2D eigenvalue weighted by molar-refractivity contribution is 7.20. The first kappa shape index (κ1) is 16.7. The molecule has 0 fully saturated rings. The molecule has 26 heavy (non-hydrogen) atoms. The summed E-state index contributed by atoms with van der Waals surface area (Å²) >= 11 is 7.39. The third-order valence-electron chi connectivity index (χ3n) is 3.96. The van der Waals surface area contributed by atoms with E-state index in [9.17, 15) is 4.79 Å². The number of rotatable bonds is 4. The highest BCUT2D eigenvalue weighted by atomic mass is 35.5. The van der Waals surface area contributed by atoms with Crippen LogP contribution in [0.5, 0.6) is 0 Å². The van der Waals surface area contributed by atoms with Crippen molar-refractivity contribution in [1.29, 1.82) is 0 Å². The van der Waals surface area contributed by atoms with Gasteiger partial charge in [-0.25, -0.2) is 9.67 Å². The fourth-order valence-corrected chi connectivity index (χ4v) is 3.62. The van der Waals surface area contributed by atoms with Gasteiger partial charge in [0.05, 0.1) is 23.3 Å². The number of halogens is 1. The van der Waals surface area contributed by atoms with Crippen LogP contribution in [0.3, 0.4) is 0 Å². The molecule has 0 amide bonds. The molecule has 0 atom stereocenters. The summed E-state index contributed by atoms with van der Waals surface area (Å²) in [5, 5.41) is 13.2. The number of hydrogen-bond donors (Lipinski definition) is 1. The number of nitrogens with one attached hydrogen (secondary N) is 1. The highest BCUT2D eigenvalue weighted by Crippen LogP contribution is 2.26. The van der Waals surface area contributed by atoms with Gasteiger partial charge in [0.2, 0.25) is 10.1 Å². The van der Waals surface area contributed by atoms with Gasteiger partial charge in [-0.2, -0.15) is 9.61 Å². The molecule has 3 aromatic heterocycles. The SMILES string of the molecule is CCc1cc(=O)n2nc(Nc3cnn(-c4cccc(Cl)c4)c3C)sc2n1.